The number of anilines is 1. The number of hydrogen-bond acceptors (Lipinski definition) is 8. The zero-order chi connectivity index (χ0) is 24.6. The fourth-order valence-electron chi connectivity index (χ4n) is 4.18. The number of benzene rings is 1. The first-order chi connectivity index (χ1) is 16.9. The fourth-order valence-corrected chi connectivity index (χ4v) is 6.97. The second-order valence-electron chi connectivity index (χ2n) is 9.04. The van der Waals surface area contributed by atoms with Gasteiger partial charge >= 0.3 is 0 Å². The van der Waals surface area contributed by atoms with E-state index >= 15 is 0 Å². The molecule has 3 aromatic heterocycles. The van der Waals surface area contributed by atoms with Gasteiger partial charge in [0.2, 0.25) is 5.91 Å². The molecule has 7 nitrogen and oxygen atoms in total. The predicted octanol–water partition coefficient (Wildman–Crippen LogP) is 6.12. The van der Waals surface area contributed by atoms with Crippen LogP contribution in [0.4, 0.5) is 5.69 Å². The van der Waals surface area contributed by atoms with E-state index in [1.807, 2.05) is 35.6 Å². The van der Waals surface area contributed by atoms with Crippen LogP contribution in [0.2, 0.25) is 0 Å². The molecule has 0 fully saturated rings. The zero-order valence-electron chi connectivity index (χ0n) is 20.4. The summed E-state index contributed by atoms with van der Waals surface area (Å²) in [6.45, 7) is 9.12. The van der Waals surface area contributed by atoms with E-state index in [0.717, 1.165) is 57.3 Å². The molecule has 1 aliphatic rings. The fraction of sp³-hybridized carbons (Fsp3) is 0.440. The van der Waals surface area contributed by atoms with Crippen LogP contribution in [0.5, 0.6) is 0 Å². The van der Waals surface area contributed by atoms with Gasteiger partial charge in [-0.1, -0.05) is 49.5 Å². The van der Waals surface area contributed by atoms with Crippen molar-refractivity contribution < 1.29 is 9.53 Å². The monoisotopic (exact) mass is 527 g/mol. The molecular weight excluding hydrogens is 499 g/mol. The lowest BCUT2D eigenvalue weighted by Crippen LogP contribution is -2.33. The highest BCUT2D eigenvalue weighted by Crippen LogP contribution is 2.42. The van der Waals surface area contributed by atoms with Gasteiger partial charge in [0.1, 0.15) is 4.83 Å². The minimum Gasteiger partial charge on any atom is -0.369 e. The number of ether oxygens (including phenoxy) is 1. The van der Waals surface area contributed by atoms with Crippen molar-refractivity contribution in [2.75, 3.05) is 16.8 Å². The largest absolute Gasteiger partial charge is 0.369 e. The Morgan fingerprint density at radius 2 is 2.11 bits per heavy atom. The smallest absolute Gasteiger partial charge is 0.234 e. The highest BCUT2D eigenvalue weighted by molar-refractivity contribution is 8.00. The summed E-state index contributed by atoms with van der Waals surface area (Å²) in [4.78, 5) is 19.9. The molecule has 4 heterocycles. The van der Waals surface area contributed by atoms with Gasteiger partial charge in [0.05, 0.1) is 23.3 Å². The average molecular weight is 528 g/mol. The van der Waals surface area contributed by atoms with E-state index in [9.17, 15) is 4.79 Å². The van der Waals surface area contributed by atoms with Crippen LogP contribution in [0, 0.1) is 6.92 Å². The summed E-state index contributed by atoms with van der Waals surface area (Å²) < 4.78 is 8.23. The third-order valence-corrected chi connectivity index (χ3v) is 9.41. The number of fused-ring (bicyclic) bond motifs is 5. The number of carbonyl (C=O) groups is 1. The lowest BCUT2D eigenvalue weighted by molar-refractivity contribution is -0.113. The maximum absolute atomic E-state index is 12.7. The summed E-state index contributed by atoms with van der Waals surface area (Å²) in [7, 11) is 0. The van der Waals surface area contributed by atoms with Crippen LogP contribution < -0.4 is 5.32 Å². The van der Waals surface area contributed by atoms with Gasteiger partial charge in [-0.2, -0.15) is 0 Å². The van der Waals surface area contributed by atoms with E-state index < -0.39 is 0 Å². The van der Waals surface area contributed by atoms with E-state index in [0.29, 0.717) is 11.8 Å². The molecule has 1 amide bonds. The van der Waals surface area contributed by atoms with Crippen molar-refractivity contribution >= 4 is 62.3 Å². The summed E-state index contributed by atoms with van der Waals surface area (Å²) in [6, 6.07) is 7.81. The molecule has 10 heteroatoms. The molecule has 1 N–H and O–H groups in total. The number of nitrogens with zero attached hydrogens (tertiary/aromatic N) is 4. The molecule has 0 saturated carbocycles. The molecule has 0 spiro atoms. The zero-order valence-corrected chi connectivity index (χ0v) is 22.8. The van der Waals surface area contributed by atoms with Crippen molar-refractivity contribution in [2.45, 2.75) is 69.5 Å². The molecular formula is C25H29N5O2S3. The van der Waals surface area contributed by atoms with Crippen molar-refractivity contribution in [1.29, 1.82) is 0 Å². The molecule has 1 atom stereocenters. The standard InChI is InChI=1S/C25H29N5O2S3/c1-5-10-33-23-27-22-20(17-12-25(4,6-2)32-13-18(17)35-22)21-28-29-24(30(21)23)34-14-19(31)26-16-9-7-8-15(3)11-16/h7-9,11H,5-6,10,12-14H2,1-4H3,(H,26,31). The molecule has 1 aromatic carbocycles. The maximum atomic E-state index is 12.7. The van der Waals surface area contributed by atoms with Crippen molar-refractivity contribution in [1.82, 2.24) is 19.6 Å². The molecule has 0 saturated heterocycles. The molecule has 0 aliphatic carbocycles. The van der Waals surface area contributed by atoms with Crippen LogP contribution >= 0.6 is 34.9 Å². The highest BCUT2D eigenvalue weighted by Gasteiger charge is 2.33. The number of thiophene rings is 1. The van der Waals surface area contributed by atoms with E-state index in [1.54, 1.807) is 23.1 Å². The Bertz CT molecular complexity index is 1400. The maximum Gasteiger partial charge on any atom is 0.234 e. The third kappa shape index (κ3) is 4.94. The summed E-state index contributed by atoms with van der Waals surface area (Å²) >= 11 is 4.80. The molecule has 0 bridgehead atoms. The molecule has 1 aliphatic heterocycles. The molecule has 5 rings (SSSR count). The second kappa shape index (κ2) is 10.1. The van der Waals surface area contributed by atoms with Gasteiger partial charge < -0.3 is 10.1 Å². The van der Waals surface area contributed by atoms with Crippen molar-refractivity contribution in [2.24, 2.45) is 0 Å². The van der Waals surface area contributed by atoms with Gasteiger partial charge in [-0.25, -0.2) is 9.38 Å². The second-order valence-corrected chi connectivity index (χ2v) is 12.1. The minimum absolute atomic E-state index is 0.0714. The molecule has 1 unspecified atom stereocenters. The molecule has 4 aromatic rings. The van der Waals surface area contributed by atoms with Crippen molar-refractivity contribution in [3.8, 4) is 0 Å². The van der Waals surface area contributed by atoms with E-state index in [2.05, 4.69) is 36.3 Å². The van der Waals surface area contributed by atoms with Crippen LogP contribution in [-0.2, 0) is 22.6 Å². The van der Waals surface area contributed by atoms with E-state index in [4.69, 9.17) is 9.72 Å². The van der Waals surface area contributed by atoms with Crippen molar-refractivity contribution in [3.63, 3.8) is 0 Å². The van der Waals surface area contributed by atoms with Gasteiger partial charge in [0.15, 0.2) is 16.0 Å². The average Bonchev–Trinajstić information content (AvgIpc) is 3.42. The van der Waals surface area contributed by atoms with Gasteiger partial charge in [0, 0.05) is 22.7 Å². The lowest BCUT2D eigenvalue weighted by Gasteiger charge is -2.33. The van der Waals surface area contributed by atoms with Crippen LogP contribution in [0.25, 0.3) is 15.9 Å². The Balaban J connectivity index is 1.49. The Labute approximate surface area is 217 Å². The number of nitrogens with one attached hydrogen (secondary N) is 1. The number of thioether (sulfide) groups is 2. The summed E-state index contributed by atoms with van der Waals surface area (Å²) in [6.07, 6.45) is 2.83. The summed E-state index contributed by atoms with van der Waals surface area (Å²) in [5.41, 5.74) is 3.84. The first kappa shape index (κ1) is 24.5. The Morgan fingerprint density at radius 3 is 2.89 bits per heavy atom. The highest BCUT2D eigenvalue weighted by atomic mass is 32.2. The first-order valence-corrected chi connectivity index (χ1v) is 14.6. The topological polar surface area (TPSA) is 81.4 Å². The normalized spacial score (nSPS) is 17.7. The van der Waals surface area contributed by atoms with Crippen LogP contribution in [-0.4, -0.2) is 42.6 Å². The summed E-state index contributed by atoms with van der Waals surface area (Å²) in [5.74, 6) is 1.12. The number of rotatable bonds is 8. The third-order valence-electron chi connectivity index (χ3n) is 6.24. The number of hydrogen-bond donors (Lipinski definition) is 1. The molecule has 0 radical (unpaired) electrons. The Hall–Kier alpha value is -2.14. The molecule has 184 valence electrons. The number of aromatic nitrogens is 4. The van der Waals surface area contributed by atoms with Gasteiger partial charge in [-0.3, -0.25) is 4.79 Å². The SMILES string of the molecule is CCCSc1nc2sc3c(c2c2nnc(SCC(=O)Nc4cccc(C)c4)n12)CC(C)(CC)OC3. The van der Waals surface area contributed by atoms with Gasteiger partial charge in [-0.05, 0) is 49.9 Å². The number of carbonyl (C=O) groups excluding carboxylic acids is 1. The van der Waals surface area contributed by atoms with E-state index in [1.165, 1.54) is 22.2 Å². The van der Waals surface area contributed by atoms with Crippen LogP contribution in [0.3, 0.4) is 0 Å². The minimum atomic E-state index is -0.181. The van der Waals surface area contributed by atoms with Crippen LogP contribution in [0.15, 0.2) is 34.6 Å². The van der Waals surface area contributed by atoms with E-state index in [-0.39, 0.29) is 17.3 Å². The van der Waals surface area contributed by atoms with Crippen molar-refractivity contribution in [3.05, 3.63) is 40.3 Å². The number of aryl methyl sites for hydroxylation is 1. The van der Waals surface area contributed by atoms with Gasteiger partial charge in [-0.15, -0.1) is 21.5 Å². The van der Waals surface area contributed by atoms with Gasteiger partial charge in [0.25, 0.3) is 0 Å². The summed E-state index contributed by atoms with van der Waals surface area (Å²) in [5, 5.41) is 14.7. The van der Waals surface area contributed by atoms with Crippen LogP contribution in [0.1, 0.15) is 49.6 Å². The Morgan fingerprint density at radius 1 is 1.26 bits per heavy atom. The molecule has 35 heavy (non-hydrogen) atoms. The first-order valence-electron chi connectivity index (χ1n) is 11.9. The number of amides is 1. The Kier molecular flexibility index (Phi) is 7.07. The quantitative estimate of drug-likeness (QED) is 0.218. The predicted molar refractivity (Wildman–Crippen MR) is 145 cm³/mol. The lowest BCUT2D eigenvalue weighted by atomic mass is 9.90.